The topological polar surface area (TPSA) is 63.1 Å². The van der Waals surface area contributed by atoms with E-state index in [-0.39, 0.29) is 6.03 Å². The van der Waals surface area contributed by atoms with Gasteiger partial charge in [-0.15, -0.1) is 11.3 Å². The number of anilines is 1. The second-order valence-electron chi connectivity index (χ2n) is 6.09. The summed E-state index contributed by atoms with van der Waals surface area (Å²) in [5.41, 5.74) is 1.68. The summed E-state index contributed by atoms with van der Waals surface area (Å²) in [6.07, 6.45) is 5.92. The summed E-state index contributed by atoms with van der Waals surface area (Å²) >= 11 is 1.62. The van der Waals surface area contributed by atoms with Gasteiger partial charge in [-0.2, -0.15) is 5.10 Å². The van der Waals surface area contributed by atoms with Crippen LogP contribution in [0.3, 0.4) is 0 Å². The van der Waals surface area contributed by atoms with Crippen LogP contribution in [0.1, 0.15) is 15.4 Å². The molecule has 0 saturated heterocycles. The molecule has 2 heterocycles. The monoisotopic (exact) mass is 373 g/mol. The highest BCUT2D eigenvalue weighted by Crippen LogP contribution is 2.19. The van der Waals surface area contributed by atoms with Gasteiger partial charge in [-0.25, -0.2) is 18.9 Å². The first-order valence-electron chi connectivity index (χ1n) is 8.17. The van der Waals surface area contributed by atoms with E-state index in [4.69, 9.17) is 0 Å². The smallest absolute Gasteiger partial charge is 0.321 e. The molecule has 1 aromatic carbocycles. The predicted octanol–water partition coefficient (Wildman–Crippen LogP) is 3.79. The fourth-order valence-corrected chi connectivity index (χ4v) is 3.19. The van der Waals surface area contributed by atoms with E-state index in [1.807, 2.05) is 20.0 Å². The minimum absolute atomic E-state index is 0.291. The SMILES string of the molecule is Cc1cnn(-c2ccc(NC(=O)N(C)CCc3ncc(C)s3)cc2F)c1. The fourth-order valence-electron chi connectivity index (χ4n) is 2.42. The maximum Gasteiger partial charge on any atom is 0.321 e. The molecule has 0 aliphatic rings. The molecule has 1 N–H and O–H groups in total. The van der Waals surface area contributed by atoms with E-state index >= 15 is 0 Å². The molecule has 0 spiro atoms. The van der Waals surface area contributed by atoms with E-state index in [1.165, 1.54) is 10.7 Å². The highest BCUT2D eigenvalue weighted by atomic mass is 32.1. The quantitative estimate of drug-likeness (QED) is 0.740. The molecular weight excluding hydrogens is 353 g/mol. The minimum atomic E-state index is -0.452. The van der Waals surface area contributed by atoms with Crippen molar-refractivity contribution in [3.63, 3.8) is 0 Å². The number of nitrogens with zero attached hydrogens (tertiary/aromatic N) is 4. The average molecular weight is 373 g/mol. The molecule has 2 aromatic heterocycles. The Labute approximate surface area is 155 Å². The number of likely N-dealkylation sites (N-methyl/N-ethyl adjacent to an activating group) is 1. The number of thiazole rings is 1. The summed E-state index contributed by atoms with van der Waals surface area (Å²) in [5, 5.41) is 7.80. The van der Waals surface area contributed by atoms with Crippen LogP contribution in [-0.4, -0.2) is 39.3 Å². The Morgan fingerprint density at radius 1 is 1.35 bits per heavy atom. The number of nitrogens with one attached hydrogen (secondary N) is 1. The van der Waals surface area contributed by atoms with Gasteiger partial charge in [-0.05, 0) is 37.6 Å². The number of carbonyl (C=O) groups is 1. The van der Waals surface area contributed by atoms with Gasteiger partial charge in [0.1, 0.15) is 5.69 Å². The maximum absolute atomic E-state index is 14.3. The van der Waals surface area contributed by atoms with Crippen LogP contribution >= 0.6 is 11.3 Å². The van der Waals surface area contributed by atoms with Crippen LogP contribution < -0.4 is 5.32 Å². The summed E-state index contributed by atoms with van der Waals surface area (Å²) in [4.78, 5) is 19.3. The average Bonchev–Trinajstić information content (AvgIpc) is 3.21. The van der Waals surface area contributed by atoms with Crippen LogP contribution in [-0.2, 0) is 6.42 Å². The number of benzene rings is 1. The number of urea groups is 1. The van der Waals surface area contributed by atoms with Crippen LogP contribution in [0.5, 0.6) is 0 Å². The van der Waals surface area contributed by atoms with E-state index in [0.717, 1.165) is 15.4 Å². The van der Waals surface area contributed by atoms with Crippen molar-refractivity contribution in [3.8, 4) is 5.69 Å². The lowest BCUT2D eigenvalue weighted by atomic mass is 10.2. The van der Waals surface area contributed by atoms with E-state index in [1.54, 1.807) is 47.8 Å². The zero-order valence-corrected chi connectivity index (χ0v) is 15.7. The molecule has 2 amide bonds. The zero-order chi connectivity index (χ0) is 18.7. The molecule has 0 fully saturated rings. The first kappa shape index (κ1) is 18.1. The summed E-state index contributed by atoms with van der Waals surface area (Å²) in [7, 11) is 1.70. The first-order valence-corrected chi connectivity index (χ1v) is 8.98. The van der Waals surface area contributed by atoms with Gasteiger partial charge in [0.05, 0.1) is 11.2 Å². The lowest BCUT2D eigenvalue weighted by molar-refractivity contribution is 0.223. The van der Waals surface area contributed by atoms with Crippen molar-refractivity contribution in [2.75, 3.05) is 18.9 Å². The van der Waals surface area contributed by atoms with Gasteiger partial charge >= 0.3 is 6.03 Å². The summed E-state index contributed by atoms with van der Waals surface area (Å²) in [6.45, 7) is 4.42. The fraction of sp³-hybridized carbons (Fsp3) is 0.278. The molecule has 0 unspecified atom stereocenters. The Morgan fingerprint density at radius 3 is 2.77 bits per heavy atom. The molecule has 0 radical (unpaired) electrons. The lowest BCUT2D eigenvalue weighted by Crippen LogP contribution is -2.33. The summed E-state index contributed by atoms with van der Waals surface area (Å²) in [6, 6.07) is 4.25. The largest absolute Gasteiger partial charge is 0.327 e. The summed E-state index contributed by atoms with van der Waals surface area (Å²) in [5.74, 6) is -0.452. The lowest BCUT2D eigenvalue weighted by Gasteiger charge is -2.17. The molecule has 8 heteroatoms. The maximum atomic E-state index is 14.3. The molecule has 6 nitrogen and oxygen atoms in total. The second kappa shape index (κ2) is 7.65. The number of hydrogen-bond acceptors (Lipinski definition) is 4. The van der Waals surface area contributed by atoms with Crippen molar-refractivity contribution in [1.29, 1.82) is 0 Å². The van der Waals surface area contributed by atoms with E-state index < -0.39 is 5.82 Å². The third-order valence-electron chi connectivity index (χ3n) is 3.83. The molecule has 136 valence electrons. The third kappa shape index (κ3) is 4.26. The number of carbonyl (C=O) groups excluding carboxylic acids is 1. The predicted molar refractivity (Wildman–Crippen MR) is 100 cm³/mol. The third-order valence-corrected chi connectivity index (χ3v) is 4.81. The van der Waals surface area contributed by atoms with Gasteiger partial charge in [-0.3, -0.25) is 0 Å². The van der Waals surface area contributed by atoms with Crippen LogP contribution in [0.15, 0.2) is 36.8 Å². The van der Waals surface area contributed by atoms with E-state index in [2.05, 4.69) is 15.4 Å². The van der Waals surface area contributed by atoms with Crippen LogP contribution in [0.4, 0.5) is 14.9 Å². The number of aromatic nitrogens is 3. The minimum Gasteiger partial charge on any atom is -0.327 e. The molecule has 0 aliphatic heterocycles. The van der Waals surface area contributed by atoms with Gasteiger partial charge in [0.25, 0.3) is 0 Å². The van der Waals surface area contributed by atoms with Gasteiger partial charge in [0, 0.05) is 43.0 Å². The number of rotatable bonds is 5. The number of amides is 2. The Kier molecular flexibility index (Phi) is 5.32. The number of aryl methyl sites for hydroxylation is 2. The molecular formula is C18H20FN5OS. The van der Waals surface area contributed by atoms with Crippen molar-refractivity contribution in [2.24, 2.45) is 0 Å². The molecule has 3 rings (SSSR count). The first-order chi connectivity index (χ1) is 12.4. The molecule has 0 saturated carbocycles. The van der Waals surface area contributed by atoms with Crippen molar-refractivity contribution in [2.45, 2.75) is 20.3 Å². The summed E-state index contributed by atoms with van der Waals surface area (Å²) < 4.78 is 15.8. The van der Waals surface area contributed by atoms with Crippen LogP contribution in [0.2, 0.25) is 0 Å². The molecule has 0 bridgehead atoms. The zero-order valence-electron chi connectivity index (χ0n) is 14.9. The highest BCUT2D eigenvalue weighted by molar-refractivity contribution is 7.11. The molecule has 3 aromatic rings. The Balaban J connectivity index is 1.60. The van der Waals surface area contributed by atoms with Crippen molar-refractivity contribution < 1.29 is 9.18 Å². The number of halogens is 1. The van der Waals surface area contributed by atoms with E-state index in [9.17, 15) is 9.18 Å². The van der Waals surface area contributed by atoms with Crippen LogP contribution in [0.25, 0.3) is 5.69 Å². The van der Waals surface area contributed by atoms with Gasteiger partial charge < -0.3 is 10.2 Å². The second-order valence-corrected chi connectivity index (χ2v) is 7.41. The standard InChI is InChI=1S/C18H20FN5OS/c1-12-9-21-24(11-12)16-5-4-14(8-15(16)19)22-18(25)23(3)7-6-17-20-10-13(2)26-17/h4-5,8-11H,6-7H2,1-3H3,(H,22,25). The highest BCUT2D eigenvalue weighted by Gasteiger charge is 2.12. The number of hydrogen-bond donors (Lipinski definition) is 1. The Morgan fingerprint density at radius 2 is 2.15 bits per heavy atom. The molecule has 26 heavy (non-hydrogen) atoms. The van der Waals surface area contributed by atoms with Gasteiger partial charge in [-0.1, -0.05) is 0 Å². The van der Waals surface area contributed by atoms with Gasteiger partial charge in [0.2, 0.25) is 0 Å². The van der Waals surface area contributed by atoms with Crippen molar-refractivity contribution >= 4 is 23.1 Å². The van der Waals surface area contributed by atoms with Crippen LogP contribution in [0, 0.1) is 19.7 Å². The van der Waals surface area contributed by atoms with Crippen molar-refractivity contribution in [3.05, 3.63) is 58.1 Å². The normalized spacial score (nSPS) is 10.8. The Hall–Kier alpha value is -2.74. The van der Waals surface area contributed by atoms with Gasteiger partial charge in [0.15, 0.2) is 5.82 Å². The molecule has 0 aliphatic carbocycles. The van der Waals surface area contributed by atoms with Crippen molar-refractivity contribution in [1.82, 2.24) is 19.7 Å². The molecule has 0 atom stereocenters. The van der Waals surface area contributed by atoms with E-state index in [0.29, 0.717) is 24.3 Å². The Bertz CT molecular complexity index is 920.